The van der Waals surface area contributed by atoms with Gasteiger partial charge in [-0.15, -0.1) is 0 Å². The summed E-state index contributed by atoms with van der Waals surface area (Å²) >= 11 is 0. The predicted molar refractivity (Wildman–Crippen MR) is 44.1 cm³/mol. The van der Waals surface area contributed by atoms with Crippen molar-refractivity contribution in [2.24, 2.45) is 11.8 Å². The summed E-state index contributed by atoms with van der Waals surface area (Å²) in [4.78, 5) is 10.6. The molecule has 0 radical (unpaired) electrons. The molecule has 0 N–H and O–H groups in total. The molecule has 0 fully saturated rings. The summed E-state index contributed by atoms with van der Waals surface area (Å²) < 4.78 is 0. The van der Waals surface area contributed by atoms with Crippen molar-refractivity contribution in [1.29, 1.82) is 0 Å². The third-order valence-corrected chi connectivity index (χ3v) is 2.70. The fraction of sp³-hybridized carbons (Fsp3) is 0.500. The summed E-state index contributed by atoms with van der Waals surface area (Å²) in [5.74, 6) is 0.825. The highest BCUT2D eigenvalue weighted by molar-refractivity contribution is 5.57. The first-order chi connectivity index (χ1) is 5.42. The Bertz CT molecular complexity index is 225. The van der Waals surface area contributed by atoms with Gasteiger partial charge in [-0.3, -0.25) is 0 Å². The van der Waals surface area contributed by atoms with Crippen molar-refractivity contribution < 1.29 is 4.79 Å². The molecular formula is C10H12O. The summed E-state index contributed by atoms with van der Waals surface area (Å²) in [5.41, 5.74) is 1.40. The molecule has 0 aromatic rings. The summed E-state index contributed by atoms with van der Waals surface area (Å²) in [7, 11) is 0. The van der Waals surface area contributed by atoms with Crippen molar-refractivity contribution in [2.75, 3.05) is 0 Å². The minimum atomic E-state index is 0.272. The fourth-order valence-electron chi connectivity index (χ4n) is 2.08. The molecule has 1 nitrogen and oxygen atoms in total. The standard InChI is InChI=1S/C10H12O/c11-7-9-5-1-3-8-4-2-6-10(8)9/h1,3-4,7,9-10H,2,5-6H2. The van der Waals surface area contributed by atoms with Gasteiger partial charge < -0.3 is 4.79 Å². The fourth-order valence-corrected chi connectivity index (χ4v) is 2.08. The number of carbonyl (C=O) groups excluding carboxylic acids is 1. The molecule has 0 aromatic heterocycles. The smallest absolute Gasteiger partial charge is 0.123 e. The Kier molecular flexibility index (Phi) is 1.65. The molecule has 0 heterocycles. The molecule has 0 bridgehead atoms. The van der Waals surface area contributed by atoms with Gasteiger partial charge in [0, 0.05) is 5.92 Å². The maximum atomic E-state index is 10.6. The van der Waals surface area contributed by atoms with Crippen LogP contribution >= 0.6 is 0 Å². The van der Waals surface area contributed by atoms with Crippen LogP contribution in [-0.4, -0.2) is 6.29 Å². The number of aldehydes is 1. The van der Waals surface area contributed by atoms with Crippen molar-refractivity contribution in [3.05, 3.63) is 23.8 Å². The van der Waals surface area contributed by atoms with E-state index in [1.54, 1.807) is 0 Å². The molecule has 58 valence electrons. The Balaban J connectivity index is 2.25. The number of hydrogen-bond donors (Lipinski definition) is 0. The minimum Gasteiger partial charge on any atom is -0.303 e. The van der Waals surface area contributed by atoms with E-state index in [0.717, 1.165) is 19.1 Å². The van der Waals surface area contributed by atoms with Gasteiger partial charge in [0.1, 0.15) is 6.29 Å². The lowest BCUT2D eigenvalue weighted by atomic mass is 9.82. The van der Waals surface area contributed by atoms with Gasteiger partial charge in [-0.25, -0.2) is 0 Å². The molecule has 0 saturated carbocycles. The second-order valence-electron chi connectivity index (χ2n) is 3.33. The highest BCUT2D eigenvalue weighted by Crippen LogP contribution is 2.36. The first-order valence-corrected chi connectivity index (χ1v) is 4.23. The van der Waals surface area contributed by atoms with E-state index in [-0.39, 0.29) is 5.92 Å². The third kappa shape index (κ3) is 1.05. The SMILES string of the molecule is O=CC1CC=CC2=CCCC21. The average molecular weight is 148 g/mol. The highest BCUT2D eigenvalue weighted by atomic mass is 16.1. The summed E-state index contributed by atoms with van der Waals surface area (Å²) in [6.45, 7) is 0. The molecule has 2 atom stereocenters. The van der Waals surface area contributed by atoms with Crippen LogP contribution in [0.4, 0.5) is 0 Å². The minimum absolute atomic E-state index is 0.272. The molecule has 11 heavy (non-hydrogen) atoms. The molecule has 2 aliphatic carbocycles. The van der Waals surface area contributed by atoms with Gasteiger partial charge in [-0.2, -0.15) is 0 Å². The highest BCUT2D eigenvalue weighted by Gasteiger charge is 2.27. The van der Waals surface area contributed by atoms with Crippen LogP contribution in [0.2, 0.25) is 0 Å². The maximum absolute atomic E-state index is 10.6. The molecule has 0 aromatic carbocycles. The topological polar surface area (TPSA) is 17.1 Å². The van der Waals surface area contributed by atoms with E-state index in [1.807, 2.05) is 0 Å². The molecular weight excluding hydrogens is 136 g/mol. The number of fused-ring (bicyclic) bond motifs is 1. The van der Waals surface area contributed by atoms with E-state index in [2.05, 4.69) is 18.2 Å². The molecule has 2 aliphatic rings. The van der Waals surface area contributed by atoms with E-state index in [0.29, 0.717) is 5.92 Å². The third-order valence-electron chi connectivity index (χ3n) is 2.70. The van der Waals surface area contributed by atoms with Crippen molar-refractivity contribution in [2.45, 2.75) is 19.3 Å². The number of allylic oxidation sites excluding steroid dienone is 4. The summed E-state index contributed by atoms with van der Waals surface area (Å²) in [6.07, 6.45) is 11.0. The zero-order valence-corrected chi connectivity index (χ0v) is 6.49. The van der Waals surface area contributed by atoms with Crippen LogP contribution in [0, 0.1) is 11.8 Å². The lowest BCUT2D eigenvalue weighted by Crippen LogP contribution is -2.17. The van der Waals surface area contributed by atoms with Crippen LogP contribution in [-0.2, 0) is 4.79 Å². The second-order valence-corrected chi connectivity index (χ2v) is 3.33. The van der Waals surface area contributed by atoms with Crippen LogP contribution in [0.5, 0.6) is 0 Å². The largest absolute Gasteiger partial charge is 0.303 e. The Hall–Kier alpha value is -0.850. The lowest BCUT2D eigenvalue weighted by molar-refractivity contribution is -0.112. The molecule has 1 heteroatoms. The molecule has 0 spiro atoms. The average Bonchev–Trinajstić information content (AvgIpc) is 2.50. The number of hydrogen-bond acceptors (Lipinski definition) is 1. The molecule has 2 rings (SSSR count). The quantitative estimate of drug-likeness (QED) is 0.520. The second kappa shape index (κ2) is 2.65. The zero-order chi connectivity index (χ0) is 7.68. The lowest BCUT2D eigenvalue weighted by Gasteiger charge is -2.22. The van der Waals surface area contributed by atoms with Crippen LogP contribution in [0.3, 0.4) is 0 Å². The Morgan fingerprint density at radius 1 is 1.55 bits per heavy atom. The van der Waals surface area contributed by atoms with Crippen LogP contribution in [0.1, 0.15) is 19.3 Å². The normalized spacial score (nSPS) is 34.7. The predicted octanol–water partition coefficient (Wildman–Crippen LogP) is 2.10. The zero-order valence-electron chi connectivity index (χ0n) is 6.49. The van der Waals surface area contributed by atoms with Crippen molar-refractivity contribution in [3.8, 4) is 0 Å². The van der Waals surface area contributed by atoms with E-state index >= 15 is 0 Å². The maximum Gasteiger partial charge on any atom is 0.123 e. The van der Waals surface area contributed by atoms with E-state index in [4.69, 9.17) is 0 Å². The van der Waals surface area contributed by atoms with Crippen molar-refractivity contribution >= 4 is 6.29 Å². The molecule has 0 amide bonds. The van der Waals surface area contributed by atoms with Gasteiger partial charge in [0.25, 0.3) is 0 Å². The van der Waals surface area contributed by atoms with E-state index in [9.17, 15) is 4.79 Å². The van der Waals surface area contributed by atoms with Gasteiger partial charge in [0.2, 0.25) is 0 Å². The van der Waals surface area contributed by atoms with Crippen molar-refractivity contribution in [3.63, 3.8) is 0 Å². The Labute approximate surface area is 66.8 Å². The van der Waals surface area contributed by atoms with Crippen molar-refractivity contribution in [1.82, 2.24) is 0 Å². The number of rotatable bonds is 1. The van der Waals surface area contributed by atoms with Crippen LogP contribution in [0.25, 0.3) is 0 Å². The first kappa shape index (κ1) is 6.84. The van der Waals surface area contributed by atoms with Crippen LogP contribution in [0.15, 0.2) is 23.8 Å². The monoisotopic (exact) mass is 148 g/mol. The van der Waals surface area contributed by atoms with Crippen LogP contribution < -0.4 is 0 Å². The van der Waals surface area contributed by atoms with Gasteiger partial charge in [-0.05, 0) is 30.8 Å². The summed E-state index contributed by atoms with van der Waals surface area (Å²) in [6, 6.07) is 0. The van der Waals surface area contributed by atoms with Gasteiger partial charge in [0.15, 0.2) is 0 Å². The van der Waals surface area contributed by atoms with Gasteiger partial charge >= 0.3 is 0 Å². The molecule has 0 saturated heterocycles. The van der Waals surface area contributed by atoms with Gasteiger partial charge in [0.05, 0.1) is 0 Å². The Morgan fingerprint density at radius 2 is 2.45 bits per heavy atom. The summed E-state index contributed by atoms with van der Waals surface area (Å²) in [5, 5.41) is 0. The first-order valence-electron chi connectivity index (χ1n) is 4.23. The van der Waals surface area contributed by atoms with Gasteiger partial charge in [-0.1, -0.05) is 18.2 Å². The van der Waals surface area contributed by atoms with E-state index < -0.39 is 0 Å². The Morgan fingerprint density at radius 3 is 3.27 bits per heavy atom. The molecule has 0 aliphatic heterocycles. The van der Waals surface area contributed by atoms with E-state index in [1.165, 1.54) is 12.0 Å². The number of carbonyl (C=O) groups is 1. The molecule has 2 unspecified atom stereocenters.